The van der Waals surface area contributed by atoms with Gasteiger partial charge in [-0.3, -0.25) is 14.9 Å². The molecule has 0 spiro atoms. The van der Waals surface area contributed by atoms with Crippen molar-refractivity contribution in [3.05, 3.63) is 99.6 Å². The summed E-state index contributed by atoms with van der Waals surface area (Å²) in [4.78, 5) is 34.5. The Balaban J connectivity index is 1.45. The van der Waals surface area contributed by atoms with E-state index < -0.39 is 23.4 Å². The Morgan fingerprint density at radius 1 is 1.00 bits per heavy atom. The highest BCUT2D eigenvalue weighted by molar-refractivity contribution is 5.89. The van der Waals surface area contributed by atoms with Crippen LogP contribution in [0.3, 0.4) is 0 Å². The number of nitrogens with one attached hydrogen (secondary N) is 1. The second kappa shape index (κ2) is 12.5. The van der Waals surface area contributed by atoms with E-state index in [0.29, 0.717) is 16.9 Å². The largest absolute Gasteiger partial charge is 0.497 e. The number of nitro benzene ring substituents is 1. The van der Waals surface area contributed by atoms with Crippen molar-refractivity contribution in [3.63, 3.8) is 0 Å². The van der Waals surface area contributed by atoms with Gasteiger partial charge in [0.05, 0.1) is 18.2 Å². The molecule has 0 saturated carbocycles. The van der Waals surface area contributed by atoms with Gasteiger partial charge in [-0.05, 0) is 72.2 Å². The van der Waals surface area contributed by atoms with Gasteiger partial charge in [-0.1, -0.05) is 18.2 Å². The summed E-state index contributed by atoms with van der Waals surface area (Å²) < 4.78 is 15.6. The first kappa shape index (κ1) is 25.6. The van der Waals surface area contributed by atoms with Gasteiger partial charge in [-0.2, -0.15) is 5.10 Å². The van der Waals surface area contributed by atoms with Gasteiger partial charge < -0.3 is 14.2 Å². The highest BCUT2D eigenvalue weighted by Gasteiger charge is 2.16. The number of aryl methyl sites for hydroxylation is 1. The molecular weight excluding hydrogens is 466 g/mol. The third-order valence-electron chi connectivity index (χ3n) is 4.70. The lowest BCUT2D eigenvalue weighted by atomic mass is 10.2. The normalized spacial score (nSPS) is 10.8. The van der Waals surface area contributed by atoms with Crippen molar-refractivity contribution in [1.29, 1.82) is 0 Å². The van der Waals surface area contributed by atoms with Crippen LogP contribution in [0.5, 0.6) is 17.2 Å². The fourth-order valence-electron chi connectivity index (χ4n) is 2.90. The molecule has 10 heteroatoms. The zero-order chi connectivity index (χ0) is 25.9. The third-order valence-corrected chi connectivity index (χ3v) is 4.70. The molecule has 0 fully saturated rings. The van der Waals surface area contributed by atoms with E-state index in [0.717, 1.165) is 11.3 Å². The quantitative estimate of drug-likeness (QED) is 0.114. The first-order valence-electron chi connectivity index (χ1n) is 10.7. The molecule has 0 aromatic heterocycles. The molecule has 1 N–H and O–H groups in total. The lowest BCUT2D eigenvalue weighted by Crippen LogP contribution is -2.24. The average molecular weight is 489 g/mol. The standard InChI is InChI=1S/C26H23N3O7/c1-18-3-13-24(23(15-18)29(32)33)35-17-25(30)28-27-16-20-6-11-22(12-7-20)36-26(31)14-8-19-4-9-21(34-2)10-5-19/h3-16H,17H2,1-2H3,(H,28,30). The summed E-state index contributed by atoms with van der Waals surface area (Å²) >= 11 is 0. The Morgan fingerprint density at radius 2 is 1.67 bits per heavy atom. The third kappa shape index (κ3) is 7.80. The highest BCUT2D eigenvalue weighted by atomic mass is 16.6. The van der Waals surface area contributed by atoms with Crippen LogP contribution < -0.4 is 19.6 Å². The van der Waals surface area contributed by atoms with Crippen molar-refractivity contribution in [3.8, 4) is 17.2 Å². The predicted molar refractivity (Wildman–Crippen MR) is 133 cm³/mol. The van der Waals surface area contributed by atoms with Gasteiger partial charge in [0.1, 0.15) is 11.5 Å². The maximum Gasteiger partial charge on any atom is 0.336 e. The molecule has 0 saturated heterocycles. The van der Waals surface area contributed by atoms with Crippen LogP contribution in [0.4, 0.5) is 5.69 Å². The van der Waals surface area contributed by atoms with E-state index in [1.807, 2.05) is 12.1 Å². The minimum Gasteiger partial charge on any atom is -0.497 e. The fourth-order valence-corrected chi connectivity index (χ4v) is 2.90. The molecule has 36 heavy (non-hydrogen) atoms. The van der Waals surface area contributed by atoms with E-state index in [1.54, 1.807) is 62.6 Å². The lowest BCUT2D eigenvalue weighted by Gasteiger charge is -2.06. The molecule has 0 aliphatic rings. The number of rotatable bonds is 10. The molecular formula is C26H23N3O7. The Labute approximate surface area is 207 Å². The van der Waals surface area contributed by atoms with Gasteiger partial charge >= 0.3 is 11.7 Å². The summed E-state index contributed by atoms with van der Waals surface area (Å²) in [6.45, 7) is 1.27. The molecule has 184 valence electrons. The lowest BCUT2D eigenvalue weighted by molar-refractivity contribution is -0.385. The number of hydrazone groups is 1. The first-order valence-corrected chi connectivity index (χ1v) is 10.7. The molecule has 0 heterocycles. The highest BCUT2D eigenvalue weighted by Crippen LogP contribution is 2.27. The molecule has 0 aliphatic heterocycles. The molecule has 0 atom stereocenters. The van der Waals surface area contributed by atoms with Gasteiger partial charge in [-0.25, -0.2) is 10.2 Å². The number of ether oxygens (including phenoxy) is 3. The van der Waals surface area contributed by atoms with E-state index in [-0.39, 0.29) is 11.4 Å². The number of hydrogen-bond donors (Lipinski definition) is 1. The summed E-state index contributed by atoms with van der Waals surface area (Å²) in [5, 5.41) is 14.9. The van der Waals surface area contributed by atoms with Gasteiger partial charge in [0.25, 0.3) is 5.91 Å². The van der Waals surface area contributed by atoms with Crippen molar-refractivity contribution < 1.29 is 28.7 Å². The van der Waals surface area contributed by atoms with Crippen LogP contribution in [0.25, 0.3) is 6.08 Å². The Hall–Kier alpha value is -4.99. The Morgan fingerprint density at radius 3 is 2.33 bits per heavy atom. The van der Waals surface area contributed by atoms with Crippen molar-refractivity contribution >= 4 is 29.9 Å². The van der Waals surface area contributed by atoms with Crippen molar-refractivity contribution in [2.45, 2.75) is 6.92 Å². The SMILES string of the molecule is COc1ccc(C=CC(=O)Oc2ccc(C=NNC(=O)COc3ccc(C)cc3[N+](=O)[O-])cc2)cc1. The molecule has 3 aromatic rings. The second-order valence-electron chi connectivity index (χ2n) is 7.41. The summed E-state index contributed by atoms with van der Waals surface area (Å²) in [5.41, 5.74) is 4.23. The molecule has 0 radical (unpaired) electrons. The number of benzene rings is 3. The Kier molecular flexibility index (Phi) is 8.88. The summed E-state index contributed by atoms with van der Waals surface area (Å²) in [5.74, 6) is -0.0641. The number of nitrogens with zero attached hydrogens (tertiary/aromatic N) is 2. The van der Waals surface area contributed by atoms with Gasteiger partial charge in [0.15, 0.2) is 12.4 Å². The molecule has 3 rings (SSSR count). The number of hydrogen-bond acceptors (Lipinski definition) is 8. The minimum absolute atomic E-state index is 0.00582. The number of amides is 1. The topological polar surface area (TPSA) is 129 Å². The van der Waals surface area contributed by atoms with Crippen molar-refractivity contribution in [2.75, 3.05) is 13.7 Å². The molecule has 0 aliphatic carbocycles. The van der Waals surface area contributed by atoms with Crippen LogP contribution in [-0.4, -0.2) is 36.7 Å². The number of esters is 1. The zero-order valence-electron chi connectivity index (χ0n) is 19.5. The molecule has 0 unspecified atom stereocenters. The van der Waals surface area contributed by atoms with Crippen LogP contribution in [0.2, 0.25) is 0 Å². The summed E-state index contributed by atoms with van der Waals surface area (Å²) in [7, 11) is 1.58. The van der Waals surface area contributed by atoms with E-state index in [9.17, 15) is 19.7 Å². The van der Waals surface area contributed by atoms with E-state index in [1.165, 1.54) is 24.4 Å². The Bertz CT molecular complexity index is 1280. The number of nitro groups is 1. The smallest absolute Gasteiger partial charge is 0.336 e. The molecule has 3 aromatic carbocycles. The van der Waals surface area contributed by atoms with E-state index in [4.69, 9.17) is 14.2 Å². The van der Waals surface area contributed by atoms with Crippen LogP contribution in [0.15, 0.2) is 77.9 Å². The van der Waals surface area contributed by atoms with Crippen LogP contribution in [0.1, 0.15) is 16.7 Å². The van der Waals surface area contributed by atoms with Crippen molar-refractivity contribution in [1.82, 2.24) is 5.43 Å². The number of carbonyl (C=O) groups excluding carboxylic acids is 2. The second-order valence-corrected chi connectivity index (χ2v) is 7.41. The first-order chi connectivity index (χ1) is 17.3. The number of methoxy groups -OCH3 is 1. The number of carbonyl (C=O) groups is 2. The fraction of sp³-hybridized carbons (Fsp3) is 0.115. The molecule has 10 nitrogen and oxygen atoms in total. The minimum atomic E-state index is -0.588. The summed E-state index contributed by atoms with van der Waals surface area (Å²) in [6, 6.07) is 18.1. The van der Waals surface area contributed by atoms with E-state index in [2.05, 4.69) is 10.5 Å². The molecule has 1 amide bonds. The monoisotopic (exact) mass is 489 g/mol. The van der Waals surface area contributed by atoms with Gasteiger partial charge in [-0.15, -0.1) is 0 Å². The van der Waals surface area contributed by atoms with Crippen LogP contribution in [0, 0.1) is 17.0 Å². The van der Waals surface area contributed by atoms with Crippen molar-refractivity contribution in [2.24, 2.45) is 5.10 Å². The summed E-state index contributed by atoms with van der Waals surface area (Å²) in [6.07, 6.45) is 4.34. The average Bonchev–Trinajstić information content (AvgIpc) is 2.88. The maximum atomic E-state index is 12.0. The van der Waals surface area contributed by atoms with Crippen LogP contribution >= 0.6 is 0 Å². The zero-order valence-corrected chi connectivity index (χ0v) is 19.5. The maximum absolute atomic E-state index is 12.0. The van der Waals surface area contributed by atoms with Gasteiger partial charge in [0, 0.05) is 12.1 Å². The van der Waals surface area contributed by atoms with Crippen LogP contribution in [-0.2, 0) is 9.59 Å². The van der Waals surface area contributed by atoms with Gasteiger partial charge in [0.2, 0.25) is 0 Å². The molecule has 0 bridgehead atoms. The predicted octanol–water partition coefficient (Wildman–Crippen LogP) is 4.06. The van der Waals surface area contributed by atoms with E-state index >= 15 is 0 Å².